The van der Waals surface area contributed by atoms with E-state index in [9.17, 15) is 0 Å². The largest absolute Gasteiger partial charge is 0.360 e. The SMILES string of the molecule is CCC(C)(C)NC1=NC(C(C)(C)C)CCS1. The molecule has 94 valence electrons. The van der Waals surface area contributed by atoms with Gasteiger partial charge in [-0.1, -0.05) is 39.5 Å². The van der Waals surface area contributed by atoms with E-state index >= 15 is 0 Å². The smallest absolute Gasteiger partial charge is 0.157 e. The average Bonchev–Trinajstić information content (AvgIpc) is 2.16. The summed E-state index contributed by atoms with van der Waals surface area (Å²) in [6.45, 7) is 13.5. The maximum Gasteiger partial charge on any atom is 0.157 e. The van der Waals surface area contributed by atoms with Gasteiger partial charge in [-0.25, -0.2) is 0 Å². The van der Waals surface area contributed by atoms with Crippen molar-refractivity contribution in [2.24, 2.45) is 10.4 Å². The average molecular weight is 242 g/mol. The van der Waals surface area contributed by atoms with Crippen LogP contribution in [0.3, 0.4) is 0 Å². The molecule has 0 saturated carbocycles. The Morgan fingerprint density at radius 1 is 1.31 bits per heavy atom. The fourth-order valence-corrected chi connectivity index (χ4v) is 2.67. The van der Waals surface area contributed by atoms with Gasteiger partial charge in [-0.15, -0.1) is 0 Å². The van der Waals surface area contributed by atoms with Crippen molar-refractivity contribution in [3.05, 3.63) is 0 Å². The summed E-state index contributed by atoms with van der Waals surface area (Å²) in [5.74, 6) is 1.19. The number of nitrogens with zero attached hydrogens (tertiary/aromatic N) is 1. The number of rotatable bonds is 2. The van der Waals surface area contributed by atoms with E-state index in [0.717, 1.165) is 11.6 Å². The molecule has 0 aromatic carbocycles. The molecule has 1 heterocycles. The van der Waals surface area contributed by atoms with Gasteiger partial charge in [0.1, 0.15) is 0 Å². The van der Waals surface area contributed by atoms with Crippen LogP contribution in [0.25, 0.3) is 0 Å². The predicted octanol–water partition coefficient (Wildman–Crippen LogP) is 3.67. The van der Waals surface area contributed by atoms with E-state index < -0.39 is 0 Å². The van der Waals surface area contributed by atoms with E-state index in [-0.39, 0.29) is 11.0 Å². The summed E-state index contributed by atoms with van der Waals surface area (Å²) >= 11 is 1.86. The highest BCUT2D eigenvalue weighted by Gasteiger charge is 2.28. The van der Waals surface area contributed by atoms with Gasteiger partial charge in [-0.3, -0.25) is 4.99 Å². The topological polar surface area (TPSA) is 24.4 Å². The summed E-state index contributed by atoms with van der Waals surface area (Å²) in [5.41, 5.74) is 0.440. The summed E-state index contributed by atoms with van der Waals surface area (Å²) in [7, 11) is 0. The molecule has 1 rings (SSSR count). The summed E-state index contributed by atoms with van der Waals surface area (Å²) in [6.07, 6.45) is 2.32. The highest BCUT2D eigenvalue weighted by atomic mass is 32.2. The van der Waals surface area contributed by atoms with Crippen LogP contribution >= 0.6 is 11.8 Å². The van der Waals surface area contributed by atoms with Crippen molar-refractivity contribution in [1.82, 2.24) is 5.32 Å². The third-order valence-corrected chi connectivity index (χ3v) is 4.15. The van der Waals surface area contributed by atoms with E-state index in [1.54, 1.807) is 0 Å². The van der Waals surface area contributed by atoms with Crippen molar-refractivity contribution < 1.29 is 0 Å². The summed E-state index contributed by atoms with van der Waals surface area (Å²) in [4.78, 5) is 4.85. The van der Waals surface area contributed by atoms with Crippen LogP contribution in [0.15, 0.2) is 4.99 Å². The van der Waals surface area contributed by atoms with Crippen molar-refractivity contribution in [1.29, 1.82) is 0 Å². The van der Waals surface area contributed by atoms with Gasteiger partial charge >= 0.3 is 0 Å². The van der Waals surface area contributed by atoms with E-state index in [1.165, 1.54) is 12.2 Å². The predicted molar refractivity (Wildman–Crippen MR) is 75.3 cm³/mol. The fourth-order valence-electron chi connectivity index (χ4n) is 1.58. The van der Waals surface area contributed by atoms with Crippen molar-refractivity contribution >= 4 is 16.9 Å². The molecule has 0 aromatic heterocycles. The molecule has 0 saturated heterocycles. The zero-order valence-corrected chi connectivity index (χ0v) is 12.4. The van der Waals surface area contributed by atoms with Crippen LogP contribution in [0.1, 0.15) is 54.4 Å². The summed E-state index contributed by atoms with van der Waals surface area (Å²) in [5, 5.41) is 4.70. The molecular weight excluding hydrogens is 216 g/mol. The molecule has 1 atom stereocenters. The zero-order valence-electron chi connectivity index (χ0n) is 11.6. The third kappa shape index (κ3) is 4.00. The van der Waals surface area contributed by atoms with E-state index in [2.05, 4.69) is 46.9 Å². The minimum atomic E-state index is 0.158. The number of nitrogens with one attached hydrogen (secondary N) is 1. The molecule has 2 nitrogen and oxygen atoms in total. The van der Waals surface area contributed by atoms with Gasteiger partial charge in [0.2, 0.25) is 0 Å². The van der Waals surface area contributed by atoms with Gasteiger partial charge in [0.25, 0.3) is 0 Å². The standard InChI is InChI=1S/C13H26N2S/c1-7-13(5,6)15-11-14-10(8-9-16-11)12(2,3)4/h10H,7-9H2,1-6H3,(H,14,15). The van der Waals surface area contributed by atoms with Crippen molar-refractivity contribution in [2.75, 3.05) is 5.75 Å². The van der Waals surface area contributed by atoms with E-state index in [0.29, 0.717) is 6.04 Å². The first-order chi connectivity index (χ1) is 7.24. The lowest BCUT2D eigenvalue weighted by molar-refractivity contribution is 0.314. The Labute approximate surface area is 105 Å². The van der Waals surface area contributed by atoms with Crippen molar-refractivity contribution in [3.8, 4) is 0 Å². The summed E-state index contributed by atoms with van der Waals surface area (Å²) < 4.78 is 0. The van der Waals surface area contributed by atoms with E-state index in [4.69, 9.17) is 4.99 Å². The molecule has 1 unspecified atom stereocenters. The Morgan fingerprint density at radius 3 is 2.44 bits per heavy atom. The molecule has 1 N–H and O–H groups in total. The van der Waals surface area contributed by atoms with Gasteiger partial charge < -0.3 is 5.32 Å². The number of hydrogen-bond donors (Lipinski definition) is 1. The van der Waals surface area contributed by atoms with Crippen LogP contribution in [0.2, 0.25) is 0 Å². The molecule has 1 aliphatic heterocycles. The first-order valence-electron chi connectivity index (χ1n) is 6.23. The molecular formula is C13H26N2S. The molecule has 0 radical (unpaired) electrons. The summed E-state index contributed by atoms with van der Waals surface area (Å²) in [6, 6.07) is 0.462. The Kier molecular flexibility index (Phi) is 4.33. The molecule has 0 aliphatic carbocycles. The molecule has 3 heteroatoms. The van der Waals surface area contributed by atoms with Crippen LogP contribution in [0, 0.1) is 5.41 Å². The van der Waals surface area contributed by atoms with Crippen LogP contribution in [0.5, 0.6) is 0 Å². The Morgan fingerprint density at radius 2 is 1.94 bits per heavy atom. The van der Waals surface area contributed by atoms with Gasteiger partial charge in [-0.2, -0.15) is 0 Å². The Bertz CT molecular complexity index is 264. The number of hydrogen-bond acceptors (Lipinski definition) is 3. The lowest BCUT2D eigenvalue weighted by Gasteiger charge is -2.34. The lowest BCUT2D eigenvalue weighted by Crippen LogP contribution is -2.44. The lowest BCUT2D eigenvalue weighted by atomic mass is 9.85. The van der Waals surface area contributed by atoms with Crippen LogP contribution in [0.4, 0.5) is 0 Å². The molecule has 0 fully saturated rings. The Hall–Kier alpha value is -0.180. The normalized spacial score (nSPS) is 22.9. The van der Waals surface area contributed by atoms with Gasteiger partial charge in [0, 0.05) is 11.3 Å². The molecule has 0 aromatic rings. The van der Waals surface area contributed by atoms with Crippen molar-refractivity contribution in [2.45, 2.75) is 66.0 Å². The van der Waals surface area contributed by atoms with Crippen molar-refractivity contribution in [3.63, 3.8) is 0 Å². The monoisotopic (exact) mass is 242 g/mol. The first-order valence-corrected chi connectivity index (χ1v) is 7.22. The van der Waals surface area contributed by atoms with Gasteiger partial charge in [0.05, 0.1) is 6.04 Å². The number of aliphatic imine (C=N–C) groups is 1. The highest BCUT2D eigenvalue weighted by Crippen LogP contribution is 2.30. The molecule has 0 spiro atoms. The minimum Gasteiger partial charge on any atom is -0.360 e. The quantitative estimate of drug-likeness (QED) is 0.799. The van der Waals surface area contributed by atoms with Gasteiger partial charge in [0.15, 0.2) is 5.17 Å². The maximum atomic E-state index is 4.85. The highest BCUT2D eigenvalue weighted by molar-refractivity contribution is 8.13. The molecule has 0 amide bonds. The zero-order chi connectivity index (χ0) is 12.4. The van der Waals surface area contributed by atoms with Gasteiger partial charge in [-0.05, 0) is 32.1 Å². The van der Waals surface area contributed by atoms with Crippen LogP contribution in [-0.2, 0) is 0 Å². The van der Waals surface area contributed by atoms with Crippen LogP contribution in [-0.4, -0.2) is 22.5 Å². The second-order valence-electron chi connectivity index (χ2n) is 6.32. The van der Waals surface area contributed by atoms with Crippen LogP contribution < -0.4 is 5.32 Å². The fraction of sp³-hybridized carbons (Fsp3) is 0.923. The van der Waals surface area contributed by atoms with E-state index in [1.807, 2.05) is 11.8 Å². The molecule has 16 heavy (non-hydrogen) atoms. The number of amidine groups is 1. The minimum absolute atomic E-state index is 0.158. The second kappa shape index (κ2) is 4.99. The molecule has 1 aliphatic rings. The first kappa shape index (κ1) is 13.9. The third-order valence-electron chi connectivity index (χ3n) is 3.23. The second-order valence-corrected chi connectivity index (χ2v) is 7.40. The maximum absolute atomic E-state index is 4.85. The Balaban J connectivity index is 2.71. The number of thioether (sulfide) groups is 1. The molecule has 0 bridgehead atoms.